The second-order valence-electron chi connectivity index (χ2n) is 5.70. The maximum absolute atomic E-state index is 12.4. The van der Waals surface area contributed by atoms with E-state index in [-0.39, 0.29) is 36.3 Å². The third kappa shape index (κ3) is 4.09. The Labute approximate surface area is 127 Å². The van der Waals surface area contributed by atoms with Crippen LogP contribution in [0.1, 0.15) is 46.0 Å². The van der Waals surface area contributed by atoms with Gasteiger partial charge in [0.2, 0.25) is 11.8 Å². The molecule has 0 aliphatic carbocycles. The maximum atomic E-state index is 12.4. The zero-order valence-corrected chi connectivity index (χ0v) is 13.2. The lowest BCUT2D eigenvalue weighted by Crippen LogP contribution is -2.53. The van der Waals surface area contributed by atoms with Gasteiger partial charge in [-0.3, -0.25) is 9.59 Å². The summed E-state index contributed by atoms with van der Waals surface area (Å²) in [7, 11) is 0. The zero-order valence-electron chi connectivity index (χ0n) is 12.4. The van der Waals surface area contributed by atoms with Crippen LogP contribution >= 0.6 is 12.4 Å². The Morgan fingerprint density at radius 2 is 2.30 bits per heavy atom. The van der Waals surface area contributed by atoms with Crippen molar-refractivity contribution in [2.45, 2.75) is 64.1 Å². The highest BCUT2D eigenvalue weighted by Gasteiger charge is 2.32. The number of nitrogens with zero attached hydrogens (tertiary/aromatic N) is 1. The molecule has 20 heavy (non-hydrogen) atoms. The fraction of sp³-hybridized carbons (Fsp3) is 0.857. The van der Waals surface area contributed by atoms with E-state index in [0.717, 1.165) is 32.4 Å². The average Bonchev–Trinajstić information content (AvgIpc) is 2.77. The number of carbonyl (C=O) groups is 2. The molecule has 3 unspecified atom stereocenters. The Bertz CT molecular complexity index is 351. The number of nitrogens with one attached hydrogen (secondary N) is 2. The van der Waals surface area contributed by atoms with Gasteiger partial charge in [0.05, 0.1) is 0 Å². The summed E-state index contributed by atoms with van der Waals surface area (Å²) in [5.41, 5.74) is 0. The van der Waals surface area contributed by atoms with Gasteiger partial charge in [0.1, 0.15) is 6.04 Å². The van der Waals surface area contributed by atoms with Crippen molar-refractivity contribution < 1.29 is 9.59 Å². The van der Waals surface area contributed by atoms with Gasteiger partial charge in [-0.1, -0.05) is 6.92 Å². The number of hydrogen-bond acceptors (Lipinski definition) is 3. The SMILES string of the molecule is CCC(C(=O)NC1CCNC(C)C1)N1CCCC1=O.Cl. The van der Waals surface area contributed by atoms with Crippen molar-refractivity contribution >= 4 is 24.2 Å². The van der Waals surface area contributed by atoms with Crippen LogP contribution in [-0.2, 0) is 9.59 Å². The maximum Gasteiger partial charge on any atom is 0.243 e. The first-order valence-corrected chi connectivity index (χ1v) is 7.45. The standard InChI is InChI=1S/C14H25N3O2.ClH/c1-3-12(17-8-4-5-13(17)18)14(19)16-11-6-7-15-10(2)9-11;/h10-12,15H,3-9H2,1-2H3,(H,16,19);1H. The summed E-state index contributed by atoms with van der Waals surface area (Å²) in [6.07, 6.45) is 4.11. The second kappa shape index (κ2) is 7.84. The first-order valence-electron chi connectivity index (χ1n) is 7.45. The van der Waals surface area contributed by atoms with Crippen molar-refractivity contribution in [3.8, 4) is 0 Å². The van der Waals surface area contributed by atoms with Crippen LogP contribution in [0.15, 0.2) is 0 Å². The molecule has 2 heterocycles. The van der Waals surface area contributed by atoms with Crippen LogP contribution in [-0.4, -0.2) is 47.9 Å². The van der Waals surface area contributed by atoms with E-state index < -0.39 is 0 Å². The molecule has 0 aromatic carbocycles. The summed E-state index contributed by atoms with van der Waals surface area (Å²) in [6, 6.07) is 0.420. The second-order valence-corrected chi connectivity index (χ2v) is 5.70. The van der Waals surface area contributed by atoms with E-state index in [1.54, 1.807) is 4.90 Å². The molecule has 2 amide bonds. The van der Waals surface area contributed by atoms with Gasteiger partial charge in [-0.25, -0.2) is 0 Å². The van der Waals surface area contributed by atoms with Gasteiger partial charge in [0, 0.05) is 25.0 Å². The zero-order chi connectivity index (χ0) is 13.8. The highest BCUT2D eigenvalue weighted by molar-refractivity contribution is 5.88. The first-order chi connectivity index (χ1) is 9.11. The Morgan fingerprint density at radius 3 is 2.85 bits per heavy atom. The molecule has 0 bridgehead atoms. The molecular formula is C14H26ClN3O2. The monoisotopic (exact) mass is 303 g/mol. The summed E-state index contributed by atoms with van der Waals surface area (Å²) in [4.78, 5) is 25.9. The molecule has 6 heteroatoms. The fourth-order valence-corrected chi connectivity index (χ4v) is 3.11. The Morgan fingerprint density at radius 1 is 1.55 bits per heavy atom. The third-order valence-electron chi connectivity index (χ3n) is 4.15. The normalized spacial score (nSPS) is 27.9. The predicted molar refractivity (Wildman–Crippen MR) is 80.9 cm³/mol. The molecule has 0 saturated carbocycles. The lowest BCUT2D eigenvalue weighted by molar-refractivity contribution is -0.138. The topological polar surface area (TPSA) is 61.4 Å². The minimum Gasteiger partial charge on any atom is -0.351 e. The van der Waals surface area contributed by atoms with E-state index in [0.29, 0.717) is 18.9 Å². The number of rotatable bonds is 4. The van der Waals surface area contributed by atoms with E-state index in [1.807, 2.05) is 6.92 Å². The number of piperidine rings is 1. The van der Waals surface area contributed by atoms with Gasteiger partial charge in [-0.15, -0.1) is 12.4 Å². The van der Waals surface area contributed by atoms with Crippen LogP contribution in [0.4, 0.5) is 0 Å². The minimum atomic E-state index is -0.278. The van der Waals surface area contributed by atoms with Gasteiger partial charge in [0.15, 0.2) is 0 Å². The highest BCUT2D eigenvalue weighted by atomic mass is 35.5. The van der Waals surface area contributed by atoms with Crippen molar-refractivity contribution in [1.82, 2.24) is 15.5 Å². The average molecular weight is 304 g/mol. The van der Waals surface area contributed by atoms with Gasteiger partial charge >= 0.3 is 0 Å². The lowest BCUT2D eigenvalue weighted by atomic mass is 10.00. The number of amides is 2. The van der Waals surface area contributed by atoms with Crippen LogP contribution in [0, 0.1) is 0 Å². The largest absolute Gasteiger partial charge is 0.351 e. The predicted octanol–water partition coefficient (Wildman–Crippen LogP) is 1.07. The Hall–Kier alpha value is -0.810. The number of carbonyl (C=O) groups excluding carboxylic acids is 2. The number of hydrogen-bond donors (Lipinski definition) is 2. The number of likely N-dealkylation sites (tertiary alicyclic amines) is 1. The third-order valence-corrected chi connectivity index (χ3v) is 4.15. The molecule has 2 aliphatic heterocycles. The van der Waals surface area contributed by atoms with Crippen molar-refractivity contribution in [2.24, 2.45) is 0 Å². The molecule has 2 rings (SSSR count). The van der Waals surface area contributed by atoms with Gasteiger partial charge in [-0.05, 0) is 39.2 Å². The Kier molecular flexibility index (Phi) is 6.76. The molecule has 0 aromatic rings. The molecule has 0 spiro atoms. The van der Waals surface area contributed by atoms with Crippen LogP contribution in [0.25, 0.3) is 0 Å². The van der Waals surface area contributed by atoms with E-state index in [9.17, 15) is 9.59 Å². The summed E-state index contributed by atoms with van der Waals surface area (Å²) >= 11 is 0. The summed E-state index contributed by atoms with van der Waals surface area (Å²) in [5, 5.41) is 6.50. The van der Waals surface area contributed by atoms with Crippen molar-refractivity contribution in [1.29, 1.82) is 0 Å². The molecule has 0 aromatic heterocycles. The number of halogens is 1. The van der Waals surface area contributed by atoms with Gasteiger partial charge in [0.25, 0.3) is 0 Å². The van der Waals surface area contributed by atoms with Gasteiger partial charge in [-0.2, -0.15) is 0 Å². The fourth-order valence-electron chi connectivity index (χ4n) is 3.11. The molecule has 0 radical (unpaired) electrons. The highest BCUT2D eigenvalue weighted by Crippen LogP contribution is 2.17. The molecule has 3 atom stereocenters. The molecule has 2 saturated heterocycles. The van der Waals surface area contributed by atoms with Crippen LogP contribution in [0.2, 0.25) is 0 Å². The van der Waals surface area contributed by atoms with Crippen molar-refractivity contribution in [2.75, 3.05) is 13.1 Å². The molecule has 116 valence electrons. The summed E-state index contributed by atoms with van der Waals surface area (Å²) < 4.78 is 0. The van der Waals surface area contributed by atoms with E-state index >= 15 is 0 Å². The minimum absolute atomic E-state index is 0. The van der Waals surface area contributed by atoms with Crippen molar-refractivity contribution in [3.05, 3.63) is 0 Å². The van der Waals surface area contributed by atoms with E-state index in [4.69, 9.17) is 0 Å². The van der Waals surface area contributed by atoms with E-state index in [2.05, 4.69) is 17.6 Å². The smallest absolute Gasteiger partial charge is 0.243 e. The molecule has 2 N–H and O–H groups in total. The van der Waals surface area contributed by atoms with Gasteiger partial charge < -0.3 is 15.5 Å². The Balaban J connectivity index is 0.00000200. The molecule has 2 fully saturated rings. The lowest BCUT2D eigenvalue weighted by Gasteiger charge is -2.32. The van der Waals surface area contributed by atoms with Crippen LogP contribution in [0.3, 0.4) is 0 Å². The first kappa shape index (κ1) is 17.2. The molecule has 2 aliphatic rings. The molecular weight excluding hydrogens is 278 g/mol. The van der Waals surface area contributed by atoms with E-state index in [1.165, 1.54) is 0 Å². The van der Waals surface area contributed by atoms with Crippen molar-refractivity contribution in [3.63, 3.8) is 0 Å². The quantitative estimate of drug-likeness (QED) is 0.816. The van der Waals surface area contributed by atoms with Crippen LogP contribution < -0.4 is 10.6 Å². The van der Waals surface area contributed by atoms with Crippen LogP contribution in [0.5, 0.6) is 0 Å². The summed E-state index contributed by atoms with van der Waals surface area (Å²) in [5.74, 6) is 0.150. The summed E-state index contributed by atoms with van der Waals surface area (Å²) in [6.45, 7) is 5.79. The molecule has 5 nitrogen and oxygen atoms in total.